The summed E-state index contributed by atoms with van der Waals surface area (Å²) in [5.74, 6) is 2.49. The maximum atomic E-state index is 4.69. The Balaban J connectivity index is 2.65. The molecule has 2 rings (SSSR count). The number of rotatable bonds is 2. The van der Waals surface area contributed by atoms with Crippen LogP contribution in [0.15, 0.2) is 12.4 Å². The Labute approximate surface area is 114 Å². The first kappa shape index (κ1) is 13.5. The lowest BCUT2D eigenvalue weighted by atomic mass is 9.95. The third kappa shape index (κ3) is 2.59. The molecule has 5 heteroatoms. The molecule has 0 saturated carbocycles. The fourth-order valence-corrected chi connectivity index (χ4v) is 1.84. The number of hydrogen-bond donors (Lipinski definition) is 1. The van der Waals surface area contributed by atoms with E-state index in [1.54, 1.807) is 0 Å². The van der Waals surface area contributed by atoms with Gasteiger partial charge in [-0.1, -0.05) is 20.8 Å². The number of nitrogens with one attached hydrogen (secondary N) is 1. The standard InChI is InChI=1S/C14H21N5/c1-9-7-16-19(8-9)12-10(2)11(15-6)17-13(18-12)14(3,4)5/h7-8H,1-6H3,(H,15,17,18). The van der Waals surface area contributed by atoms with E-state index in [-0.39, 0.29) is 5.41 Å². The van der Waals surface area contributed by atoms with Crippen LogP contribution in [0, 0.1) is 13.8 Å². The molecule has 0 spiro atoms. The Morgan fingerprint density at radius 2 is 1.84 bits per heavy atom. The van der Waals surface area contributed by atoms with Crippen molar-refractivity contribution in [2.24, 2.45) is 0 Å². The molecule has 0 fully saturated rings. The van der Waals surface area contributed by atoms with Crippen LogP contribution in [-0.4, -0.2) is 26.8 Å². The number of anilines is 1. The molecule has 0 aliphatic heterocycles. The van der Waals surface area contributed by atoms with Crippen LogP contribution in [0.5, 0.6) is 0 Å². The van der Waals surface area contributed by atoms with Gasteiger partial charge < -0.3 is 5.32 Å². The van der Waals surface area contributed by atoms with Gasteiger partial charge in [0.15, 0.2) is 5.82 Å². The second-order valence-corrected chi connectivity index (χ2v) is 5.81. The molecule has 0 unspecified atom stereocenters. The van der Waals surface area contributed by atoms with E-state index in [9.17, 15) is 0 Å². The van der Waals surface area contributed by atoms with Crippen molar-refractivity contribution in [3.05, 3.63) is 29.3 Å². The van der Waals surface area contributed by atoms with E-state index in [2.05, 4.69) is 41.2 Å². The monoisotopic (exact) mass is 259 g/mol. The molecule has 0 radical (unpaired) electrons. The molecule has 0 saturated heterocycles. The molecule has 1 N–H and O–H groups in total. The molecule has 0 aliphatic rings. The summed E-state index contributed by atoms with van der Waals surface area (Å²) >= 11 is 0. The molecular weight excluding hydrogens is 238 g/mol. The summed E-state index contributed by atoms with van der Waals surface area (Å²) in [7, 11) is 1.87. The molecule has 0 aromatic carbocycles. The van der Waals surface area contributed by atoms with Crippen LogP contribution in [0.2, 0.25) is 0 Å². The zero-order valence-corrected chi connectivity index (χ0v) is 12.4. The van der Waals surface area contributed by atoms with Gasteiger partial charge in [-0.3, -0.25) is 0 Å². The van der Waals surface area contributed by atoms with E-state index in [0.29, 0.717) is 0 Å². The SMILES string of the molecule is CNc1nc(C(C)(C)C)nc(-n2cc(C)cn2)c1C. The van der Waals surface area contributed by atoms with Crippen molar-refractivity contribution in [3.63, 3.8) is 0 Å². The lowest BCUT2D eigenvalue weighted by Crippen LogP contribution is -2.20. The summed E-state index contributed by atoms with van der Waals surface area (Å²) in [5.41, 5.74) is 2.01. The highest BCUT2D eigenvalue weighted by atomic mass is 15.3. The summed E-state index contributed by atoms with van der Waals surface area (Å²) in [6.07, 6.45) is 3.80. The quantitative estimate of drug-likeness (QED) is 0.900. The van der Waals surface area contributed by atoms with Gasteiger partial charge >= 0.3 is 0 Å². The van der Waals surface area contributed by atoms with Gasteiger partial charge in [-0.25, -0.2) is 14.6 Å². The van der Waals surface area contributed by atoms with Gasteiger partial charge in [0.1, 0.15) is 11.6 Å². The van der Waals surface area contributed by atoms with Crippen LogP contribution in [0.1, 0.15) is 37.7 Å². The Morgan fingerprint density at radius 1 is 1.16 bits per heavy atom. The third-order valence-electron chi connectivity index (χ3n) is 2.96. The van der Waals surface area contributed by atoms with Crippen molar-refractivity contribution < 1.29 is 0 Å². The van der Waals surface area contributed by atoms with Crippen molar-refractivity contribution in [1.29, 1.82) is 0 Å². The predicted octanol–water partition coefficient (Wildman–Crippen LogP) is 2.62. The number of aromatic nitrogens is 4. The van der Waals surface area contributed by atoms with Crippen molar-refractivity contribution in [1.82, 2.24) is 19.7 Å². The van der Waals surface area contributed by atoms with Gasteiger partial charge in [-0.05, 0) is 19.4 Å². The minimum Gasteiger partial charge on any atom is -0.373 e. The summed E-state index contributed by atoms with van der Waals surface area (Å²) in [5, 5.41) is 7.48. The Bertz CT molecular complexity index is 592. The lowest BCUT2D eigenvalue weighted by molar-refractivity contribution is 0.542. The van der Waals surface area contributed by atoms with E-state index >= 15 is 0 Å². The van der Waals surface area contributed by atoms with E-state index in [1.165, 1.54) is 0 Å². The van der Waals surface area contributed by atoms with Crippen molar-refractivity contribution in [2.75, 3.05) is 12.4 Å². The first-order chi connectivity index (χ1) is 8.82. The van der Waals surface area contributed by atoms with Crippen molar-refractivity contribution >= 4 is 5.82 Å². The molecule has 2 aromatic heterocycles. The number of hydrogen-bond acceptors (Lipinski definition) is 4. The maximum Gasteiger partial charge on any atom is 0.162 e. The second kappa shape index (κ2) is 4.64. The van der Waals surface area contributed by atoms with Gasteiger partial charge in [0.25, 0.3) is 0 Å². The molecule has 2 heterocycles. The predicted molar refractivity (Wildman–Crippen MR) is 76.9 cm³/mol. The molecule has 2 aromatic rings. The van der Waals surface area contributed by atoms with E-state index in [0.717, 1.165) is 28.6 Å². The molecule has 0 bridgehead atoms. The van der Waals surface area contributed by atoms with Crippen molar-refractivity contribution in [3.8, 4) is 5.82 Å². The molecule has 0 aliphatic carbocycles. The third-order valence-corrected chi connectivity index (χ3v) is 2.96. The average Bonchev–Trinajstić information content (AvgIpc) is 2.74. The van der Waals surface area contributed by atoms with Gasteiger partial charge in [0.05, 0.1) is 6.20 Å². The highest BCUT2D eigenvalue weighted by Gasteiger charge is 2.21. The highest BCUT2D eigenvalue weighted by molar-refractivity contribution is 5.51. The number of aryl methyl sites for hydroxylation is 1. The lowest BCUT2D eigenvalue weighted by Gasteiger charge is -2.20. The van der Waals surface area contributed by atoms with E-state index in [1.807, 2.05) is 38.0 Å². The van der Waals surface area contributed by atoms with E-state index in [4.69, 9.17) is 0 Å². The largest absolute Gasteiger partial charge is 0.373 e. The van der Waals surface area contributed by atoms with Gasteiger partial charge in [-0.15, -0.1) is 0 Å². The Kier molecular flexibility index (Phi) is 3.30. The zero-order valence-electron chi connectivity index (χ0n) is 12.4. The average molecular weight is 259 g/mol. The fourth-order valence-electron chi connectivity index (χ4n) is 1.84. The smallest absolute Gasteiger partial charge is 0.162 e. The molecule has 0 amide bonds. The summed E-state index contributed by atoms with van der Waals surface area (Å²) in [6.45, 7) is 10.3. The maximum absolute atomic E-state index is 4.69. The number of nitrogens with zero attached hydrogens (tertiary/aromatic N) is 4. The van der Waals surface area contributed by atoms with Gasteiger partial charge in [0.2, 0.25) is 0 Å². The molecule has 19 heavy (non-hydrogen) atoms. The first-order valence-electron chi connectivity index (χ1n) is 6.41. The van der Waals surface area contributed by atoms with Crippen LogP contribution in [0.25, 0.3) is 5.82 Å². The van der Waals surface area contributed by atoms with Crippen LogP contribution in [0.3, 0.4) is 0 Å². The Morgan fingerprint density at radius 3 is 2.32 bits per heavy atom. The highest BCUT2D eigenvalue weighted by Crippen LogP contribution is 2.25. The second-order valence-electron chi connectivity index (χ2n) is 5.81. The summed E-state index contributed by atoms with van der Waals surface area (Å²) in [6, 6.07) is 0. The molecule has 0 atom stereocenters. The zero-order chi connectivity index (χ0) is 14.2. The van der Waals surface area contributed by atoms with Gasteiger partial charge in [0, 0.05) is 24.2 Å². The van der Waals surface area contributed by atoms with Crippen LogP contribution in [0.4, 0.5) is 5.82 Å². The minimum absolute atomic E-state index is 0.101. The van der Waals surface area contributed by atoms with Crippen LogP contribution in [-0.2, 0) is 5.41 Å². The minimum atomic E-state index is -0.101. The molecular formula is C14H21N5. The van der Waals surface area contributed by atoms with Crippen LogP contribution < -0.4 is 5.32 Å². The fraction of sp³-hybridized carbons (Fsp3) is 0.500. The Hall–Kier alpha value is -1.91. The topological polar surface area (TPSA) is 55.6 Å². The summed E-state index contributed by atoms with van der Waals surface area (Å²) < 4.78 is 1.81. The normalized spacial score (nSPS) is 11.7. The summed E-state index contributed by atoms with van der Waals surface area (Å²) in [4.78, 5) is 9.28. The van der Waals surface area contributed by atoms with Crippen molar-refractivity contribution in [2.45, 2.75) is 40.0 Å². The first-order valence-corrected chi connectivity index (χ1v) is 6.41. The van der Waals surface area contributed by atoms with E-state index < -0.39 is 0 Å². The van der Waals surface area contributed by atoms with Gasteiger partial charge in [-0.2, -0.15) is 5.10 Å². The molecule has 102 valence electrons. The van der Waals surface area contributed by atoms with Crippen LogP contribution >= 0.6 is 0 Å². The molecule has 5 nitrogen and oxygen atoms in total.